The molecule has 0 aliphatic heterocycles. The van der Waals surface area contributed by atoms with Gasteiger partial charge in [0.25, 0.3) is 5.56 Å². The van der Waals surface area contributed by atoms with Crippen molar-refractivity contribution in [2.45, 2.75) is 38.6 Å². The molecule has 4 rings (SSSR count). The number of aryl methyl sites for hydroxylation is 2. The van der Waals surface area contributed by atoms with Crippen molar-refractivity contribution in [2.75, 3.05) is 0 Å². The normalized spacial score (nSPS) is 13.1. The molecule has 0 saturated carbocycles. The second-order valence-electron chi connectivity index (χ2n) is 6.74. The van der Waals surface area contributed by atoms with Crippen LogP contribution in [-0.2, 0) is 39.3 Å². The zero-order chi connectivity index (χ0) is 19.0. The monoisotopic (exact) mass is 386 g/mol. The minimum atomic E-state index is -0.346. The molecule has 1 aromatic carbocycles. The largest absolute Gasteiger partial charge is 0.337 e. The summed E-state index contributed by atoms with van der Waals surface area (Å²) in [4.78, 5) is 29.5. The van der Waals surface area contributed by atoms with Crippen LogP contribution in [0.2, 0.25) is 5.02 Å². The molecule has 2 aromatic heterocycles. The number of hydrogen-bond acceptors (Lipinski definition) is 5. The van der Waals surface area contributed by atoms with Crippen LogP contribution in [-0.4, -0.2) is 19.3 Å². The van der Waals surface area contributed by atoms with E-state index in [4.69, 9.17) is 16.1 Å². The van der Waals surface area contributed by atoms with Crippen molar-refractivity contribution in [3.63, 3.8) is 0 Å². The van der Waals surface area contributed by atoms with E-state index in [1.807, 2.05) is 24.3 Å². The Kier molecular flexibility index (Phi) is 4.70. The molecule has 0 radical (unpaired) electrons. The smallest absolute Gasteiger partial charge is 0.331 e. The summed E-state index contributed by atoms with van der Waals surface area (Å²) >= 11 is 5.89. The first-order valence-electron chi connectivity index (χ1n) is 8.90. The quantitative estimate of drug-likeness (QED) is 0.668. The molecule has 8 heteroatoms. The van der Waals surface area contributed by atoms with Crippen LogP contribution in [0, 0.1) is 0 Å². The molecule has 27 heavy (non-hydrogen) atoms. The van der Waals surface area contributed by atoms with E-state index >= 15 is 0 Å². The van der Waals surface area contributed by atoms with Crippen LogP contribution < -0.4 is 11.2 Å². The van der Waals surface area contributed by atoms with E-state index < -0.39 is 0 Å². The number of rotatable bonds is 5. The Labute approximate surface area is 160 Å². The molecule has 7 nitrogen and oxygen atoms in total. The molecule has 0 N–H and O–H groups in total. The third-order valence-corrected chi connectivity index (χ3v) is 5.22. The van der Waals surface area contributed by atoms with Gasteiger partial charge in [0, 0.05) is 29.7 Å². The summed E-state index contributed by atoms with van der Waals surface area (Å²) in [5.74, 6) is 0.809. The highest BCUT2D eigenvalue weighted by atomic mass is 35.5. The Morgan fingerprint density at radius 3 is 2.70 bits per heavy atom. The first-order chi connectivity index (χ1) is 13.0. The minimum absolute atomic E-state index is 0.00721. The van der Waals surface area contributed by atoms with Gasteiger partial charge in [0.05, 0.1) is 0 Å². The minimum Gasteiger partial charge on any atom is -0.337 e. The van der Waals surface area contributed by atoms with Crippen molar-refractivity contribution in [1.29, 1.82) is 0 Å². The summed E-state index contributed by atoms with van der Waals surface area (Å²) in [6, 6.07) is 7.59. The second kappa shape index (κ2) is 7.15. The maximum Gasteiger partial charge on any atom is 0.331 e. The van der Waals surface area contributed by atoms with Gasteiger partial charge in [-0.3, -0.25) is 9.36 Å². The Bertz CT molecular complexity index is 1100. The van der Waals surface area contributed by atoms with E-state index in [-0.39, 0.29) is 23.7 Å². The Hall–Kier alpha value is -2.67. The standard InChI is InChI=1S/C19H19ClN4O3/c1-23-15-4-2-3-14(15)18(25)24(19(23)26)11-17-21-16(22-27-17)10-7-12-5-8-13(20)9-6-12/h5-6,8-9H,2-4,7,10-11H2,1H3. The number of fused-ring (bicyclic) bond motifs is 1. The molecular formula is C19H19ClN4O3. The lowest BCUT2D eigenvalue weighted by atomic mass is 10.1. The number of hydrogen-bond donors (Lipinski definition) is 0. The van der Waals surface area contributed by atoms with Crippen LogP contribution in [0.4, 0.5) is 0 Å². The van der Waals surface area contributed by atoms with Gasteiger partial charge in [0.1, 0.15) is 6.54 Å². The van der Waals surface area contributed by atoms with Crippen LogP contribution in [0.25, 0.3) is 0 Å². The molecular weight excluding hydrogens is 368 g/mol. The van der Waals surface area contributed by atoms with Crippen molar-refractivity contribution in [3.05, 3.63) is 78.7 Å². The third kappa shape index (κ3) is 3.47. The summed E-state index contributed by atoms with van der Waals surface area (Å²) in [7, 11) is 1.70. The summed E-state index contributed by atoms with van der Waals surface area (Å²) < 4.78 is 7.99. The highest BCUT2D eigenvalue weighted by Crippen LogP contribution is 2.16. The fraction of sp³-hybridized carbons (Fsp3) is 0.368. The van der Waals surface area contributed by atoms with E-state index in [2.05, 4.69) is 10.1 Å². The van der Waals surface area contributed by atoms with Crippen molar-refractivity contribution in [3.8, 4) is 0 Å². The Morgan fingerprint density at radius 2 is 1.93 bits per heavy atom. The van der Waals surface area contributed by atoms with Gasteiger partial charge in [0.15, 0.2) is 5.82 Å². The summed E-state index contributed by atoms with van der Waals surface area (Å²) in [6.07, 6.45) is 3.72. The Balaban J connectivity index is 1.52. The predicted octanol–water partition coefficient (Wildman–Crippen LogP) is 1.91. The van der Waals surface area contributed by atoms with E-state index in [9.17, 15) is 9.59 Å². The van der Waals surface area contributed by atoms with Gasteiger partial charge in [-0.25, -0.2) is 4.79 Å². The topological polar surface area (TPSA) is 82.9 Å². The van der Waals surface area contributed by atoms with Crippen LogP contribution in [0.15, 0.2) is 38.4 Å². The fourth-order valence-electron chi connectivity index (χ4n) is 3.51. The van der Waals surface area contributed by atoms with Crippen LogP contribution >= 0.6 is 11.6 Å². The SMILES string of the molecule is Cn1c2c(c(=O)n(Cc3nc(CCc4ccc(Cl)cc4)no3)c1=O)CCC2. The lowest BCUT2D eigenvalue weighted by Gasteiger charge is -2.10. The molecule has 0 atom stereocenters. The second-order valence-corrected chi connectivity index (χ2v) is 7.18. The average molecular weight is 387 g/mol. The van der Waals surface area contributed by atoms with Gasteiger partial charge in [-0.1, -0.05) is 28.9 Å². The van der Waals surface area contributed by atoms with E-state index in [0.717, 1.165) is 36.1 Å². The van der Waals surface area contributed by atoms with Crippen LogP contribution in [0.5, 0.6) is 0 Å². The first-order valence-corrected chi connectivity index (χ1v) is 9.28. The molecule has 1 aliphatic carbocycles. The molecule has 0 spiro atoms. The molecule has 3 aromatic rings. The molecule has 0 bridgehead atoms. The van der Waals surface area contributed by atoms with Gasteiger partial charge in [-0.05, 0) is 43.4 Å². The molecule has 0 saturated heterocycles. The maximum absolute atomic E-state index is 12.6. The van der Waals surface area contributed by atoms with Gasteiger partial charge in [-0.15, -0.1) is 0 Å². The molecule has 0 unspecified atom stereocenters. The predicted molar refractivity (Wildman–Crippen MR) is 100 cm³/mol. The summed E-state index contributed by atoms with van der Waals surface area (Å²) in [6.45, 7) is -0.00721. The van der Waals surface area contributed by atoms with E-state index in [1.54, 1.807) is 11.6 Å². The van der Waals surface area contributed by atoms with Crippen molar-refractivity contribution in [2.24, 2.45) is 7.05 Å². The Morgan fingerprint density at radius 1 is 1.15 bits per heavy atom. The van der Waals surface area contributed by atoms with Crippen LogP contribution in [0.1, 0.15) is 35.0 Å². The van der Waals surface area contributed by atoms with Crippen LogP contribution in [0.3, 0.4) is 0 Å². The van der Waals surface area contributed by atoms with Gasteiger partial charge in [-0.2, -0.15) is 4.98 Å². The molecule has 0 amide bonds. The number of halogens is 1. The number of benzene rings is 1. The third-order valence-electron chi connectivity index (χ3n) is 4.97. The molecule has 1 aliphatic rings. The molecule has 2 heterocycles. The van der Waals surface area contributed by atoms with E-state index in [1.165, 1.54) is 4.57 Å². The van der Waals surface area contributed by atoms with Crippen molar-refractivity contribution < 1.29 is 4.52 Å². The lowest BCUT2D eigenvalue weighted by Crippen LogP contribution is -2.42. The average Bonchev–Trinajstić information content (AvgIpc) is 3.33. The lowest BCUT2D eigenvalue weighted by molar-refractivity contribution is 0.361. The van der Waals surface area contributed by atoms with Crippen molar-refractivity contribution in [1.82, 2.24) is 19.3 Å². The van der Waals surface area contributed by atoms with Gasteiger partial charge >= 0.3 is 5.69 Å². The summed E-state index contributed by atoms with van der Waals surface area (Å²) in [5, 5.41) is 4.66. The highest BCUT2D eigenvalue weighted by molar-refractivity contribution is 6.30. The molecule has 0 fully saturated rings. The van der Waals surface area contributed by atoms with Crippen molar-refractivity contribution >= 4 is 11.6 Å². The first kappa shape index (κ1) is 17.7. The number of aromatic nitrogens is 4. The highest BCUT2D eigenvalue weighted by Gasteiger charge is 2.22. The summed E-state index contributed by atoms with van der Waals surface area (Å²) in [5.41, 5.74) is 2.09. The van der Waals surface area contributed by atoms with Gasteiger partial charge < -0.3 is 9.09 Å². The van der Waals surface area contributed by atoms with Gasteiger partial charge in [0.2, 0.25) is 5.89 Å². The molecule has 140 valence electrons. The maximum atomic E-state index is 12.6. The number of nitrogens with zero attached hydrogens (tertiary/aromatic N) is 4. The zero-order valence-corrected chi connectivity index (χ0v) is 15.7. The van der Waals surface area contributed by atoms with E-state index in [0.29, 0.717) is 23.7 Å². The zero-order valence-electron chi connectivity index (χ0n) is 14.9. The fourth-order valence-corrected chi connectivity index (χ4v) is 3.64.